The monoisotopic (exact) mass is 243 g/mol. The number of terminal acetylenes is 1. The summed E-state index contributed by atoms with van der Waals surface area (Å²) in [5, 5.41) is 3.53. The van der Waals surface area contributed by atoms with E-state index in [2.05, 4.69) is 34.1 Å². The fourth-order valence-electron chi connectivity index (χ4n) is 2.03. The highest BCUT2D eigenvalue weighted by Crippen LogP contribution is 2.22. The van der Waals surface area contributed by atoms with Crippen LogP contribution in [0.1, 0.15) is 31.7 Å². The summed E-state index contributed by atoms with van der Waals surface area (Å²) in [7, 11) is 0. The zero-order valence-corrected chi connectivity index (χ0v) is 11.0. The van der Waals surface area contributed by atoms with E-state index in [9.17, 15) is 0 Å². The zero-order chi connectivity index (χ0) is 12.8. The fourth-order valence-corrected chi connectivity index (χ4v) is 2.03. The minimum absolute atomic E-state index is 0.626. The first-order valence-corrected chi connectivity index (χ1v) is 6.70. The number of pyridine rings is 1. The second-order valence-corrected chi connectivity index (χ2v) is 4.77. The Morgan fingerprint density at radius 1 is 1.56 bits per heavy atom. The quantitative estimate of drug-likeness (QED) is 0.744. The number of hydrogen-bond donors (Lipinski definition) is 1. The molecule has 3 nitrogen and oxygen atoms in total. The predicted molar refractivity (Wildman–Crippen MR) is 75.4 cm³/mol. The maximum Gasteiger partial charge on any atom is 0.133 e. The first kappa shape index (κ1) is 12.9. The highest BCUT2D eigenvalue weighted by molar-refractivity contribution is 5.47. The van der Waals surface area contributed by atoms with E-state index >= 15 is 0 Å². The van der Waals surface area contributed by atoms with Gasteiger partial charge in [0.25, 0.3) is 0 Å². The lowest BCUT2D eigenvalue weighted by molar-refractivity contribution is 0.680. The van der Waals surface area contributed by atoms with Gasteiger partial charge in [0.15, 0.2) is 0 Å². The van der Waals surface area contributed by atoms with Gasteiger partial charge in [-0.15, -0.1) is 6.42 Å². The third-order valence-corrected chi connectivity index (χ3v) is 3.10. The molecular weight excluding hydrogens is 222 g/mol. The molecule has 1 N–H and O–H groups in total. The van der Waals surface area contributed by atoms with Crippen molar-refractivity contribution in [3.8, 4) is 12.3 Å². The number of nitrogens with zero attached hydrogens (tertiary/aromatic N) is 2. The van der Waals surface area contributed by atoms with Crippen molar-refractivity contribution in [3.63, 3.8) is 0 Å². The Balaban J connectivity index is 2.09. The van der Waals surface area contributed by atoms with E-state index < -0.39 is 0 Å². The topological polar surface area (TPSA) is 28.2 Å². The van der Waals surface area contributed by atoms with E-state index in [0.717, 1.165) is 25.3 Å². The Hall–Kier alpha value is -1.53. The summed E-state index contributed by atoms with van der Waals surface area (Å²) in [6.45, 7) is 4.63. The molecule has 1 saturated carbocycles. The Bertz CT molecular complexity index is 418. The molecule has 0 aliphatic heterocycles. The Morgan fingerprint density at radius 2 is 2.39 bits per heavy atom. The molecule has 0 amide bonds. The minimum atomic E-state index is 0.626. The number of rotatable bonds is 7. The Labute approximate surface area is 110 Å². The summed E-state index contributed by atoms with van der Waals surface area (Å²) in [5.74, 6) is 3.75. The van der Waals surface area contributed by atoms with E-state index in [0.29, 0.717) is 12.6 Å². The molecule has 1 aliphatic rings. The summed E-state index contributed by atoms with van der Waals surface area (Å²) in [6.07, 6.45) is 11.0. The smallest absolute Gasteiger partial charge is 0.133 e. The molecular formula is C15H21N3. The number of anilines is 1. The highest BCUT2D eigenvalue weighted by atomic mass is 15.2. The largest absolute Gasteiger partial charge is 0.345 e. The summed E-state index contributed by atoms with van der Waals surface area (Å²) < 4.78 is 0. The van der Waals surface area contributed by atoms with Crippen LogP contribution in [0.3, 0.4) is 0 Å². The van der Waals surface area contributed by atoms with Gasteiger partial charge in [-0.25, -0.2) is 4.98 Å². The second kappa shape index (κ2) is 6.42. The minimum Gasteiger partial charge on any atom is -0.345 e. The molecule has 0 aromatic carbocycles. The molecule has 1 aromatic heterocycles. The summed E-state index contributed by atoms with van der Waals surface area (Å²) >= 11 is 0. The normalized spacial score (nSPS) is 14.2. The van der Waals surface area contributed by atoms with E-state index in [1.807, 2.05) is 12.3 Å². The SMILES string of the molecule is C#CCN(CCC)c1ncccc1CNC1CC1. The Morgan fingerprint density at radius 3 is 3.06 bits per heavy atom. The third-order valence-electron chi connectivity index (χ3n) is 3.10. The summed E-state index contributed by atoms with van der Waals surface area (Å²) in [4.78, 5) is 6.69. The van der Waals surface area contributed by atoms with Crippen molar-refractivity contribution in [1.29, 1.82) is 0 Å². The van der Waals surface area contributed by atoms with Crippen molar-refractivity contribution in [2.75, 3.05) is 18.0 Å². The maximum absolute atomic E-state index is 5.44. The molecule has 1 aliphatic carbocycles. The van der Waals surface area contributed by atoms with Crippen LogP contribution in [-0.4, -0.2) is 24.1 Å². The maximum atomic E-state index is 5.44. The average molecular weight is 243 g/mol. The van der Waals surface area contributed by atoms with Crippen LogP contribution in [0, 0.1) is 12.3 Å². The molecule has 96 valence electrons. The summed E-state index contributed by atoms with van der Waals surface area (Å²) in [6, 6.07) is 4.84. The first-order valence-electron chi connectivity index (χ1n) is 6.70. The van der Waals surface area contributed by atoms with Crippen LogP contribution in [-0.2, 0) is 6.54 Å². The molecule has 2 rings (SSSR count). The van der Waals surface area contributed by atoms with Gasteiger partial charge in [-0.1, -0.05) is 18.9 Å². The van der Waals surface area contributed by atoms with Crippen molar-refractivity contribution in [3.05, 3.63) is 23.9 Å². The molecule has 18 heavy (non-hydrogen) atoms. The van der Waals surface area contributed by atoms with E-state index in [4.69, 9.17) is 6.42 Å². The van der Waals surface area contributed by atoms with Gasteiger partial charge in [0.2, 0.25) is 0 Å². The summed E-state index contributed by atoms with van der Waals surface area (Å²) in [5.41, 5.74) is 1.24. The lowest BCUT2D eigenvalue weighted by atomic mass is 10.2. The van der Waals surface area contributed by atoms with Gasteiger partial charge in [0.1, 0.15) is 5.82 Å². The molecule has 0 bridgehead atoms. The molecule has 0 unspecified atom stereocenters. The molecule has 0 saturated heterocycles. The number of aromatic nitrogens is 1. The van der Waals surface area contributed by atoms with Crippen molar-refractivity contribution in [2.45, 2.75) is 38.8 Å². The lowest BCUT2D eigenvalue weighted by Gasteiger charge is -2.23. The van der Waals surface area contributed by atoms with Crippen molar-refractivity contribution in [1.82, 2.24) is 10.3 Å². The van der Waals surface area contributed by atoms with Crippen LogP contribution < -0.4 is 10.2 Å². The van der Waals surface area contributed by atoms with Crippen LogP contribution in [0.25, 0.3) is 0 Å². The first-order chi connectivity index (χ1) is 8.85. The van der Waals surface area contributed by atoms with Crippen LogP contribution in [0.5, 0.6) is 0 Å². The van der Waals surface area contributed by atoms with Gasteiger partial charge in [0.05, 0.1) is 6.54 Å². The van der Waals surface area contributed by atoms with Gasteiger partial charge >= 0.3 is 0 Å². The molecule has 0 atom stereocenters. The molecule has 1 fully saturated rings. The van der Waals surface area contributed by atoms with Crippen LogP contribution in [0.15, 0.2) is 18.3 Å². The highest BCUT2D eigenvalue weighted by Gasteiger charge is 2.21. The van der Waals surface area contributed by atoms with E-state index in [1.165, 1.54) is 18.4 Å². The van der Waals surface area contributed by atoms with Crippen LogP contribution in [0.4, 0.5) is 5.82 Å². The standard InChI is InChI=1S/C15H21N3/c1-3-10-18(11-4-2)15-13(6-5-9-16-15)12-17-14-7-8-14/h1,5-6,9,14,17H,4,7-8,10-12H2,2H3. The van der Waals surface area contributed by atoms with Crippen molar-refractivity contribution < 1.29 is 0 Å². The zero-order valence-electron chi connectivity index (χ0n) is 11.0. The van der Waals surface area contributed by atoms with Crippen molar-refractivity contribution in [2.24, 2.45) is 0 Å². The average Bonchev–Trinajstić information content (AvgIpc) is 3.21. The molecule has 0 spiro atoms. The Kier molecular flexibility index (Phi) is 4.60. The molecule has 1 heterocycles. The molecule has 3 heteroatoms. The van der Waals surface area contributed by atoms with E-state index in [1.54, 1.807) is 0 Å². The van der Waals surface area contributed by atoms with Gasteiger partial charge in [-0.3, -0.25) is 0 Å². The van der Waals surface area contributed by atoms with Gasteiger partial charge in [-0.05, 0) is 25.3 Å². The van der Waals surface area contributed by atoms with Gasteiger partial charge in [-0.2, -0.15) is 0 Å². The predicted octanol–water partition coefficient (Wildman–Crippen LogP) is 2.18. The molecule has 0 radical (unpaired) electrons. The van der Waals surface area contributed by atoms with Crippen LogP contribution >= 0.6 is 0 Å². The fraction of sp³-hybridized carbons (Fsp3) is 0.533. The van der Waals surface area contributed by atoms with Gasteiger partial charge in [0, 0.05) is 30.9 Å². The number of nitrogens with one attached hydrogen (secondary N) is 1. The number of hydrogen-bond acceptors (Lipinski definition) is 3. The van der Waals surface area contributed by atoms with Gasteiger partial charge < -0.3 is 10.2 Å². The third kappa shape index (κ3) is 3.48. The lowest BCUT2D eigenvalue weighted by Crippen LogP contribution is -2.28. The molecule has 1 aromatic rings. The van der Waals surface area contributed by atoms with Crippen LogP contribution in [0.2, 0.25) is 0 Å². The second-order valence-electron chi connectivity index (χ2n) is 4.77. The van der Waals surface area contributed by atoms with E-state index in [-0.39, 0.29) is 0 Å². The van der Waals surface area contributed by atoms with Crippen molar-refractivity contribution >= 4 is 5.82 Å².